The Morgan fingerprint density at radius 3 is 2.68 bits per heavy atom. The molecule has 38 heavy (non-hydrogen) atoms. The van der Waals surface area contributed by atoms with Gasteiger partial charge in [0.1, 0.15) is 0 Å². The molecule has 2 N–H and O–H groups in total. The zero-order chi connectivity index (χ0) is 26.5. The molecule has 1 amide bonds. The van der Waals surface area contributed by atoms with E-state index in [4.69, 9.17) is 14.8 Å². The second-order valence-electron chi connectivity index (χ2n) is 11.5. The molecule has 0 bridgehead atoms. The minimum Gasteiger partial charge on any atom is -0.393 e. The van der Waals surface area contributed by atoms with Crippen LogP contribution in [-0.2, 0) is 9.53 Å². The highest BCUT2D eigenvalue weighted by molar-refractivity contribution is 5.83. The summed E-state index contributed by atoms with van der Waals surface area (Å²) in [5, 5.41) is 18.6. The summed E-state index contributed by atoms with van der Waals surface area (Å²) < 4.78 is 7.53. The Hall–Kier alpha value is -2.45. The number of unbranched alkanes of at least 4 members (excludes halogenated alkanes) is 2. The number of aliphatic hydroxyl groups excluding tert-OH is 1. The molecule has 208 valence electrons. The summed E-state index contributed by atoms with van der Waals surface area (Å²) in [6.45, 7) is 7.14. The van der Waals surface area contributed by atoms with Crippen molar-refractivity contribution in [2.75, 3.05) is 31.6 Å². The summed E-state index contributed by atoms with van der Waals surface area (Å²) in [6, 6.07) is 2.64. The fraction of sp³-hybridized carbons (Fsp3) is 0.700. The van der Waals surface area contributed by atoms with Crippen molar-refractivity contribution in [3.63, 3.8) is 0 Å². The molecule has 0 aromatic carbocycles. The standard InChI is InChI=1S/C30H45N5O3/c1-3-4-5-6-21(2)32-30-31-20-28-26(19-27(35(28)33-30)23-11-13-25(36)14-12-23)22-7-9-24(10-8-22)29(37)34-15-17-38-18-16-34/h7,19-21,23-25,36H,3-6,8-18H2,1-2H3,(H,32,33)/t21-,23-,24?,25-/m0/s1. The van der Waals surface area contributed by atoms with Crippen molar-refractivity contribution >= 4 is 22.9 Å². The molecule has 2 aromatic heterocycles. The lowest BCUT2D eigenvalue weighted by Crippen LogP contribution is -2.44. The highest BCUT2D eigenvalue weighted by Crippen LogP contribution is 2.39. The number of aliphatic hydroxyl groups is 1. The summed E-state index contributed by atoms with van der Waals surface area (Å²) in [7, 11) is 0. The molecule has 8 nitrogen and oxygen atoms in total. The van der Waals surface area contributed by atoms with Crippen LogP contribution in [0.5, 0.6) is 0 Å². The maximum atomic E-state index is 13.0. The lowest BCUT2D eigenvalue weighted by Gasteiger charge is -2.31. The van der Waals surface area contributed by atoms with E-state index in [1.54, 1.807) is 0 Å². The van der Waals surface area contributed by atoms with Gasteiger partial charge >= 0.3 is 0 Å². The van der Waals surface area contributed by atoms with Crippen LogP contribution in [0.1, 0.15) is 102 Å². The topological polar surface area (TPSA) is 92.0 Å². The Labute approximate surface area is 226 Å². The molecule has 3 heterocycles. The second-order valence-corrected chi connectivity index (χ2v) is 11.5. The number of allylic oxidation sites excluding steroid dienone is 2. The Morgan fingerprint density at radius 2 is 1.97 bits per heavy atom. The number of ether oxygens (including phenoxy) is 1. The van der Waals surface area contributed by atoms with Crippen molar-refractivity contribution in [1.29, 1.82) is 0 Å². The van der Waals surface area contributed by atoms with Crippen molar-refractivity contribution in [3.05, 3.63) is 29.6 Å². The van der Waals surface area contributed by atoms with Gasteiger partial charge in [-0.15, -0.1) is 5.10 Å². The van der Waals surface area contributed by atoms with Gasteiger partial charge in [0.15, 0.2) is 0 Å². The number of fused-ring (bicyclic) bond motifs is 1. The van der Waals surface area contributed by atoms with Crippen LogP contribution in [0.3, 0.4) is 0 Å². The van der Waals surface area contributed by atoms with Gasteiger partial charge in [0, 0.05) is 42.2 Å². The Bertz CT molecular complexity index is 1110. The number of carbonyl (C=O) groups excluding carboxylic acids is 1. The van der Waals surface area contributed by atoms with Crippen LogP contribution in [0.25, 0.3) is 11.1 Å². The third-order valence-corrected chi connectivity index (χ3v) is 8.70. The van der Waals surface area contributed by atoms with Gasteiger partial charge in [0.2, 0.25) is 11.9 Å². The number of carbonyl (C=O) groups is 1. The van der Waals surface area contributed by atoms with E-state index in [0.29, 0.717) is 44.2 Å². The first-order valence-electron chi connectivity index (χ1n) is 14.9. The molecule has 5 rings (SSSR count). The van der Waals surface area contributed by atoms with Gasteiger partial charge in [-0.1, -0.05) is 32.3 Å². The average molecular weight is 524 g/mol. The molecule has 2 aromatic rings. The van der Waals surface area contributed by atoms with Crippen LogP contribution in [-0.4, -0.2) is 69.0 Å². The van der Waals surface area contributed by atoms with Crippen molar-refractivity contribution < 1.29 is 14.6 Å². The number of hydrogen-bond acceptors (Lipinski definition) is 6. The van der Waals surface area contributed by atoms with Gasteiger partial charge < -0.3 is 20.1 Å². The minimum absolute atomic E-state index is 0.0614. The molecule has 1 aliphatic heterocycles. The Kier molecular flexibility index (Phi) is 9.00. The summed E-state index contributed by atoms with van der Waals surface area (Å²) in [5.41, 5.74) is 4.76. The molecule has 1 unspecified atom stereocenters. The van der Waals surface area contributed by atoms with Crippen molar-refractivity contribution in [2.24, 2.45) is 5.92 Å². The van der Waals surface area contributed by atoms with Gasteiger partial charge in [-0.05, 0) is 69.9 Å². The lowest BCUT2D eigenvalue weighted by atomic mass is 9.84. The fourth-order valence-corrected chi connectivity index (χ4v) is 6.34. The van der Waals surface area contributed by atoms with E-state index >= 15 is 0 Å². The highest BCUT2D eigenvalue weighted by atomic mass is 16.5. The number of anilines is 1. The first-order chi connectivity index (χ1) is 18.5. The van der Waals surface area contributed by atoms with Crippen LogP contribution in [0.15, 0.2) is 18.3 Å². The van der Waals surface area contributed by atoms with Gasteiger partial charge in [-0.2, -0.15) is 0 Å². The molecule has 2 fully saturated rings. The normalized spacial score (nSPS) is 25.3. The molecule has 2 aliphatic carbocycles. The third-order valence-electron chi connectivity index (χ3n) is 8.70. The van der Waals surface area contributed by atoms with E-state index in [0.717, 1.165) is 56.9 Å². The molecule has 8 heteroatoms. The number of hydrogen-bond donors (Lipinski definition) is 2. The smallest absolute Gasteiger partial charge is 0.241 e. The number of morpholine rings is 1. The Balaban J connectivity index is 1.38. The fourth-order valence-electron chi connectivity index (χ4n) is 6.34. The first kappa shape index (κ1) is 27.1. The van der Waals surface area contributed by atoms with E-state index < -0.39 is 0 Å². The zero-order valence-electron chi connectivity index (χ0n) is 23.2. The summed E-state index contributed by atoms with van der Waals surface area (Å²) >= 11 is 0. The average Bonchev–Trinajstić information content (AvgIpc) is 3.32. The van der Waals surface area contributed by atoms with Crippen LogP contribution in [0, 0.1) is 5.92 Å². The molecule has 1 saturated carbocycles. The van der Waals surface area contributed by atoms with Gasteiger partial charge in [0.05, 0.1) is 31.0 Å². The van der Waals surface area contributed by atoms with Gasteiger partial charge in [-0.25, -0.2) is 9.50 Å². The molecular weight excluding hydrogens is 478 g/mol. The highest BCUT2D eigenvalue weighted by Gasteiger charge is 2.30. The first-order valence-corrected chi connectivity index (χ1v) is 14.9. The van der Waals surface area contributed by atoms with Crippen molar-refractivity contribution in [3.8, 4) is 0 Å². The molecule has 1 saturated heterocycles. The summed E-state index contributed by atoms with van der Waals surface area (Å²) in [4.78, 5) is 19.7. The van der Waals surface area contributed by atoms with E-state index in [1.165, 1.54) is 36.1 Å². The van der Waals surface area contributed by atoms with Gasteiger partial charge in [0.25, 0.3) is 0 Å². The van der Waals surface area contributed by atoms with Crippen LogP contribution in [0.2, 0.25) is 0 Å². The predicted molar refractivity (Wildman–Crippen MR) is 150 cm³/mol. The third kappa shape index (κ3) is 6.23. The van der Waals surface area contributed by atoms with E-state index in [9.17, 15) is 9.90 Å². The second kappa shape index (κ2) is 12.6. The number of aromatic nitrogens is 3. The molecular formula is C30H45N5O3. The number of nitrogens with zero attached hydrogens (tertiary/aromatic N) is 4. The maximum Gasteiger partial charge on any atom is 0.241 e. The van der Waals surface area contributed by atoms with Gasteiger partial charge in [-0.3, -0.25) is 4.79 Å². The maximum absolute atomic E-state index is 13.0. The molecule has 3 aliphatic rings. The van der Waals surface area contributed by atoms with E-state index in [2.05, 4.69) is 35.8 Å². The summed E-state index contributed by atoms with van der Waals surface area (Å²) in [6.07, 6.45) is 15.0. The van der Waals surface area contributed by atoms with E-state index in [1.807, 2.05) is 11.1 Å². The van der Waals surface area contributed by atoms with Crippen molar-refractivity contribution in [1.82, 2.24) is 19.5 Å². The Morgan fingerprint density at radius 1 is 1.18 bits per heavy atom. The number of nitrogens with one attached hydrogen (secondary N) is 1. The zero-order valence-corrected chi connectivity index (χ0v) is 23.2. The molecule has 0 radical (unpaired) electrons. The SMILES string of the molecule is CCCCC[C@H](C)Nc1ncc2c(C3=CCC(C(=O)N4CCOCC4)CC3)cc([C@H]3CC[C@H](O)CC3)n2n1. The number of amides is 1. The minimum atomic E-state index is -0.185. The quantitative estimate of drug-likeness (QED) is 0.441. The van der Waals surface area contributed by atoms with Crippen LogP contribution >= 0.6 is 0 Å². The largest absolute Gasteiger partial charge is 0.393 e. The number of rotatable bonds is 9. The van der Waals surface area contributed by atoms with E-state index in [-0.39, 0.29) is 17.9 Å². The van der Waals surface area contributed by atoms with Crippen LogP contribution in [0.4, 0.5) is 5.95 Å². The monoisotopic (exact) mass is 523 g/mol. The summed E-state index contributed by atoms with van der Waals surface area (Å²) in [5.74, 6) is 1.39. The van der Waals surface area contributed by atoms with Crippen LogP contribution < -0.4 is 5.32 Å². The van der Waals surface area contributed by atoms with Crippen molar-refractivity contribution in [2.45, 2.75) is 103 Å². The predicted octanol–water partition coefficient (Wildman–Crippen LogP) is 5.17. The molecule has 0 spiro atoms. The molecule has 2 atom stereocenters. The lowest BCUT2D eigenvalue weighted by molar-refractivity contribution is -0.139.